The molecule has 2 nitrogen and oxygen atoms in total. The molecule has 1 heterocycles. The van der Waals surface area contributed by atoms with Crippen molar-refractivity contribution in [1.82, 2.24) is 0 Å². The molecule has 0 aromatic heterocycles. The molecule has 0 spiro atoms. The lowest BCUT2D eigenvalue weighted by atomic mass is 9.87. The maximum absolute atomic E-state index is 13.6. The zero-order valence-corrected chi connectivity index (χ0v) is 10.7. The minimum Gasteiger partial charge on any atom is -0.446 e. The van der Waals surface area contributed by atoms with Gasteiger partial charge in [0.15, 0.2) is 11.5 Å². The van der Waals surface area contributed by atoms with Gasteiger partial charge < -0.3 is 9.47 Å². The molecule has 0 fully saturated rings. The fourth-order valence-corrected chi connectivity index (χ4v) is 1.63. The average Bonchev–Trinajstić information content (AvgIpc) is 2.16. The maximum Gasteiger partial charge on any atom is 0.471 e. The first-order valence-corrected chi connectivity index (χ1v) is 5.62. The Morgan fingerprint density at radius 3 is 2.17 bits per heavy atom. The van der Waals surface area contributed by atoms with Crippen LogP contribution in [0.25, 0.3) is 0 Å². The Balaban J connectivity index is 2.46. The molecule has 1 unspecified atom stereocenters. The number of ether oxygens (including phenoxy) is 2. The SMILES string of the molecule is CC(C)(C)c1ccc2c(c1)OC(F)(F)C(C)(F)O2. The van der Waals surface area contributed by atoms with E-state index in [1.54, 1.807) is 6.07 Å². The van der Waals surface area contributed by atoms with Gasteiger partial charge in [-0.15, -0.1) is 0 Å². The quantitative estimate of drug-likeness (QED) is 0.701. The lowest BCUT2D eigenvalue weighted by Crippen LogP contribution is -2.53. The average molecular weight is 260 g/mol. The van der Waals surface area contributed by atoms with Gasteiger partial charge in [0.2, 0.25) is 0 Å². The summed E-state index contributed by atoms with van der Waals surface area (Å²) in [4.78, 5) is 0. The van der Waals surface area contributed by atoms with Gasteiger partial charge in [-0.3, -0.25) is 0 Å². The van der Waals surface area contributed by atoms with Crippen molar-refractivity contribution in [1.29, 1.82) is 0 Å². The van der Waals surface area contributed by atoms with E-state index in [4.69, 9.17) is 0 Å². The lowest BCUT2D eigenvalue weighted by Gasteiger charge is -2.36. The van der Waals surface area contributed by atoms with Crippen LogP contribution in [0.1, 0.15) is 33.3 Å². The number of hydrogen-bond acceptors (Lipinski definition) is 2. The van der Waals surface area contributed by atoms with Crippen molar-refractivity contribution in [2.75, 3.05) is 0 Å². The molecule has 1 aliphatic rings. The largest absolute Gasteiger partial charge is 0.471 e. The van der Waals surface area contributed by atoms with Crippen LogP contribution < -0.4 is 9.47 Å². The topological polar surface area (TPSA) is 18.5 Å². The summed E-state index contributed by atoms with van der Waals surface area (Å²) in [5.74, 6) is -3.31. The molecule has 0 amide bonds. The highest BCUT2D eigenvalue weighted by Gasteiger charge is 2.60. The predicted octanol–water partition coefficient (Wildman–Crippen LogP) is 4.03. The van der Waals surface area contributed by atoms with Crippen LogP contribution in [0.2, 0.25) is 0 Å². The van der Waals surface area contributed by atoms with Crippen LogP contribution in [0.4, 0.5) is 13.2 Å². The van der Waals surface area contributed by atoms with Crippen LogP contribution in [0.5, 0.6) is 11.5 Å². The number of fused-ring (bicyclic) bond motifs is 1. The van der Waals surface area contributed by atoms with Gasteiger partial charge in [-0.2, -0.15) is 13.2 Å². The maximum atomic E-state index is 13.6. The molecule has 0 bridgehead atoms. The van der Waals surface area contributed by atoms with Gasteiger partial charge in [-0.1, -0.05) is 26.8 Å². The first kappa shape index (κ1) is 13.1. The fraction of sp³-hybridized carbons (Fsp3) is 0.538. The van der Waals surface area contributed by atoms with Crippen molar-refractivity contribution in [3.63, 3.8) is 0 Å². The molecule has 0 saturated heterocycles. The molecule has 100 valence electrons. The van der Waals surface area contributed by atoms with Crippen molar-refractivity contribution in [2.24, 2.45) is 0 Å². The normalized spacial score (nSPS) is 25.9. The minimum atomic E-state index is -4.00. The van der Waals surface area contributed by atoms with Gasteiger partial charge in [0.1, 0.15) is 0 Å². The van der Waals surface area contributed by atoms with E-state index in [2.05, 4.69) is 9.47 Å². The monoisotopic (exact) mass is 260 g/mol. The van der Waals surface area contributed by atoms with Crippen molar-refractivity contribution in [2.45, 2.75) is 45.1 Å². The molecule has 1 aromatic rings. The highest BCUT2D eigenvalue weighted by Crippen LogP contribution is 2.46. The molecule has 5 heteroatoms. The van der Waals surface area contributed by atoms with Crippen molar-refractivity contribution in [3.05, 3.63) is 23.8 Å². The molecule has 1 aromatic carbocycles. The van der Waals surface area contributed by atoms with Gasteiger partial charge in [0, 0.05) is 6.92 Å². The second-order valence-electron chi connectivity index (χ2n) is 5.55. The molecule has 0 N–H and O–H groups in total. The van der Waals surface area contributed by atoms with Gasteiger partial charge in [-0.25, -0.2) is 0 Å². The Morgan fingerprint density at radius 2 is 1.61 bits per heavy atom. The summed E-state index contributed by atoms with van der Waals surface area (Å²) >= 11 is 0. The highest BCUT2D eigenvalue weighted by atomic mass is 19.3. The van der Waals surface area contributed by atoms with Crippen LogP contribution in [0.3, 0.4) is 0 Å². The van der Waals surface area contributed by atoms with Crippen molar-refractivity contribution >= 4 is 0 Å². The van der Waals surface area contributed by atoms with E-state index >= 15 is 0 Å². The fourth-order valence-electron chi connectivity index (χ4n) is 1.63. The first-order valence-electron chi connectivity index (χ1n) is 5.62. The summed E-state index contributed by atoms with van der Waals surface area (Å²) in [5, 5.41) is 0. The number of alkyl halides is 3. The van der Waals surface area contributed by atoms with Gasteiger partial charge in [-0.05, 0) is 23.1 Å². The summed E-state index contributed by atoms with van der Waals surface area (Å²) < 4.78 is 49.4. The third kappa shape index (κ3) is 2.02. The minimum absolute atomic E-state index is 0.0149. The number of rotatable bonds is 0. The van der Waals surface area contributed by atoms with Gasteiger partial charge in [0.25, 0.3) is 0 Å². The molecule has 1 aliphatic heterocycles. The van der Waals surface area contributed by atoms with Crippen LogP contribution in [0, 0.1) is 0 Å². The van der Waals surface area contributed by atoms with Crippen LogP contribution >= 0.6 is 0 Å². The van der Waals surface area contributed by atoms with Crippen LogP contribution in [-0.2, 0) is 5.41 Å². The van der Waals surface area contributed by atoms with Gasteiger partial charge >= 0.3 is 12.0 Å². The number of benzene rings is 1. The molecule has 18 heavy (non-hydrogen) atoms. The van der Waals surface area contributed by atoms with Crippen molar-refractivity contribution < 1.29 is 22.6 Å². The van der Waals surface area contributed by atoms with Gasteiger partial charge in [0.05, 0.1) is 0 Å². The van der Waals surface area contributed by atoms with E-state index in [1.165, 1.54) is 12.1 Å². The Kier molecular flexibility index (Phi) is 2.58. The van der Waals surface area contributed by atoms with E-state index in [0.717, 1.165) is 5.56 Å². The molecular weight excluding hydrogens is 245 g/mol. The van der Waals surface area contributed by atoms with E-state index in [1.807, 2.05) is 20.8 Å². The van der Waals surface area contributed by atoms with E-state index in [9.17, 15) is 13.2 Å². The Hall–Kier alpha value is -1.39. The summed E-state index contributed by atoms with van der Waals surface area (Å²) in [6.45, 7) is 6.47. The lowest BCUT2D eigenvalue weighted by molar-refractivity contribution is -0.332. The first-order chi connectivity index (χ1) is 8.03. The number of hydrogen-bond donors (Lipinski definition) is 0. The molecule has 1 atom stereocenters. The van der Waals surface area contributed by atoms with E-state index in [0.29, 0.717) is 6.92 Å². The molecule has 0 saturated carbocycles. The second-order valence-corrected chi connectivity index (χ2v) is 5.55. The van der Waals surface area contributed by atoms with E-state index in [-0.39, 0.29) is 16.9 Å². The zero-order chi connectivity index (χ0) is 13.8. The van der Waals surface area contributed by atoms with E-state index < -0.39 is 12.0 Å². The third-order valence-electron chi connectivity index (χ3n) is 2.87. The second kappa shape index (κ2) is 3.56. The zero-order valence-electron chi connectivity index (χ0n) is 10.7. The molecule has 0 aliphatic carbocycles. The summed E-state index contributed by atoms with van der Waals surface area (Å²) in [6.07, 6.45) is -4.00. The Morgan fingerprint density at radius 1 is 1.00 bits per heavy atom. The van der Waals surface area contributed by atoms with Crippen LogP contribution in [-0.4, -0.2) is 12.0 Å². The number of halogens is 3. The predicted molar refractivity (Wildman–Crippen MR) is 60.9 cm³/mol. The van der Waals surface area contributed by atoms with Crippen molar-refractivity contribution in [3.8, 4) is 11.5 Å². The Bertz CT molecular complexity index is 476. The molecule has 0 radical (unpaired) electrons. The molecule has 2 rings (SSSR count). The van der Waals surface area contributed by atoms with Crippen LogP contribution in [0.15, 0.2) is 18.2 Å². The summed E-state index contributed by atoms with van der Waals surface area (Å²) in [6, 6.07) is 4.61. The Labute approximate surface area is 104 Å². The standard InChI is InChI=1S/C13H15F3O2/c1-11(2,3)8-5-6-9-10(7-8)18-13(15,16)12(4,14)17-9/h5-7H,1-4H3. The molecular formula is C13H15F3O2. The smallest absolute Gasteiger partial charge is 0.446 e. The summed E-state index contributed by atoms with van der Waals surface area (Å²) in [5.41, 5.74) is 0.590. The third-order valence-corrected chi connectivity index (χ3v) is 2.87. The highest BCUT2D eigenvalue weighted by molar-refractivity contribution is 5.46. The summed E-state index contributed by atoms with van der Waals surface area (Å²) in [7, 11) is 0.